The molecular weight excluding hydrogens is 245 g/mol. The number of benzene rings is 1. The van der Waals surface area contributed by atoms with Gasteiger partial charge in [0.25, 0.3) is 0 Å². The summed E-state index contributed by atoms with van der Waals surface area (Å²) in [5.41, 5.74) is 0. The van der Waals surface area contributed by atoms with Crippen LogP contribution in [0.3, 0.4) is 0 Å². The zero-order chi connectivity index (χ0) is 12.3. The van der Waals surface area contributed by atoms with Crippen molar-refractivity contribution in [2.24, 2.45) is 0 Å². The van der Waals surface area contributed by atoms with Crippen LogP contribution >= 0.6 is 11.6 Å². The summed E-state index contributed by atoms with van der Waals surface area (Å²) in [7, 11) is 1.72. The average molecular weight is 254 g/mol. The Labute approximate surface area is 102 Å². The van der Waals surface area contributed by atoms with Gasteiger partial charge < -0.3 is 10.1 Å². The van der Waals surface area contributed by atoms with Gasteiger partial charge in [-0.25, -0.2) is 4.39 Å². The maximum Gasteiger partial charge on any atom is 0.239 e. The van der Waals surface area contributed by atoms with Gasteiger partial charge in [-0.1, -0.05) is 11.6 Å². The van der Waals surface area contributed by atoms with Gasteiger partial charge in [-0.15, -0.1) is 0 Å². The Hall–Kier alpha value is -1.88. The smallest absolute Gasteiger partial charge is 0.239 e. The molecule has 6 heteroatoms. The van der Waals surface area contributed by atoms with Crippen molar-refractivity contribution in [2.75, 3.05) is 12.4 Å². The van der Waals surface area contributed by atoms with Gasteiger partial charge in [0, 0.05) is 7.05 Å². The molecule has 0 aliphatic carbocycles. The van der Waals surface area contributed by atoms with E-state index in [1.807, 2.05) is 0 Å². The Morgan fingerprint density at radius 2 is 2.18 bits per heavy atom. The third kappa shape index (κ3) is 2.82. The molecule has 0 saturated heterocycles. The van der Waals surface area contributed by atoms with E-state index < -0.39 is 5.82 Å². The minimum atomic E-state index is -0.419. The second kappa shape index (κ2) is 4.97. The zero-order valence-electron chi connectivity index (χ0n) is 8.95. The monoisotopic (exact) mass is 253 g/mol. The van der Waals surface area contributed by atoms with Crippen molar-refractivity contribution < 1.29 is 9.13 Å². The van der Waals surface area contributed by atoms with Crippen LogP contribution in [-0.4, -0.2) is 17.0 Å². The van der Waals surface area contributed by atoms with Crippen molar-refractivity contribution in [1.82, 2.24) is 9.97 Å². The van der Waals surface area contributed by atoms with Crippen LogP contribution in [-0.2, 0) is 0 Å². The number of hydrogen-bond acceptors (Lipinski definition) is 4. The van der Waals surface area contributed by atoms with Crippen molar-refractivity contribution in [3.05, 3.63) is 41.4 Å². The Morgan fingerprint density at radius 1 is 1.35 bits per heavy atom. The lowest BCUT2D eigenvalue weighted by Crippen LogP contribution is -1.96. The van der Waals surface area contributed by atoms with E-state index in [4.69, 9.17) is 16.3 Å². The molecule has 0 aliphatic heterocycles. The second-order valence-corrected chi connectivity index (χ2v) is 3.58. The van der Waals surface area contributed by atoms with Crippen LogP contribution in [0, 0.1) is 5.82 Å². The fraction of sp³-hybridized carbons (Fsp3) is 0.0909. The number of anilines is 1. The van der Waals surface area contributed by atoms with E-state index in [0.717, 1.165) is 0 Å². The largest absolute Gasteiger partial charge is 0.436 e. The highest BCUT2D eigenvalue weighted by molar-refractivity contribution is 6.32. The number of nitrogens with one attached hydrogen (secondary N) is 1. The highest BCUT2D eigenvalue weighted by Gasteiger charge is 2.06. The lowest BCUT2D eigenvalue weighted by Gasteiger charge is -2.07. The Balaban J connectivity index is 2.25. The Kier molecular flexibility index (Phi) is 3.39. The summed E-state index contributed by atoms with van der Waals surface area (Å²) in [5.74, 6) is 0.763. The molecule has 0 unspecified atom stereocenters. The number of hydrogen-bond donors (Lipinski definition) is 1. The molecule has 1 N–H and O–H groups in total. The summed E-state index contributed by atoms with van der Waals surface area (Å²) in [6, 6.07) is 3.87. The summed E-state index contributed by atoms with van der Waals surface area (Å²) < 4.78 is 18.2. The number of halogens is 2. The maximum absolute atomic E-state index is 12.8. The van der Waals surface area contributed by atoms with Crippen LogP contribution in [0.1, 0.15) is 0 Å². The van der Waals surface area contributed by atoms with Crippen molar-refractivity contribution >= 4 is 17.4 Å². The molecule has 2 rings (SSSR count). The first-order valence-electron chi connectivity index (χ1n) is 4.82. The molecule has 1 aromatic carbocycles. The van der Waals surface area contributed by atoms with Crippen molar-refractivity contribution in [2.45, 2.75) is 0 Å². The summed E-state index contributed by atoms with van der Waals surface area (Å²) in [6.45, 7) is 0. The number of aromatic nitrogens is 2. The maximum atomic E-state index is 12.8. The standard InChI is InChI=1S/C11H9ClFN3O/c1-14-10-5-15-6-11(16-10)17-9-3-2-7(13)4-8(9)12/h2-6H,1H3,(H,14,16). The van der Waals surface area contributed by atoms with E-state index in [9.17, 15) is 4.39 Å². The summed E-state index contributed by atoms with van der Waals surface area (Å²) >= 11 is 5.82. The summed E-state index contributed by atoms with van der Waals surface area (Å²) in [4.78, 5) is 8.03. The van der Waals surface area contributed by atoms with Crippen LogP contribution in [0.15, 0.2) is 30.6 Å². The number of rotatable bonds is 3. The summed E-state index contributed by atoms with van der Waals surface area (Å²) in [6.07, 6.45) is 3.00. The van der Waals surface area contributed by atoms with Crippen molar-refractivity contribution in [3.63, 3.8) is 0 Å². The van der Waals surface area contributed by atoms with Gasteiger partial charge in [0.2, 0.25) is 5.88 Å². The van der Waals surface area contributed by atoms with Gasteiger partial charge in [-0.05, 0) is 18.2 Å². The predicted octanol–water partition coefficient (Wildman–Crippen LogP) is 3.10. The molecule has 0 saturated carbocycles. The van der Waals surface area contributed by atoms with E-state index in [1.165, 1.54) is 24.4 Å². The molecule has 0 fully saturated rings. The average Bonchev–Trinajstić information content (AvgIpc) is 2.33. The van der Waals surface area contributed by atoms with E-state index in [2.05, 4.69) is 15.3 Å². The fourth-order valence-corrected chi connectivity index (χ4v) is 1.39. The van der Waals surface area contributed by atoms with Crippen LogP contribution < -0.4 is 10.1 Å². The molecule has 0 bridgehead atoms. The van der Waals surface area contributed by atoms with Gasteiger partial charge in [-0.3, -0.25) is 4.98 Å². The minimum absolute atomic E-state index is 0.182. The summed E-state index contributed by atoms with van der Waals surface area (Å²) in [5, 5.41) is 3.01. The van der Waals surface area contributed by atoms with Gasteiger partial charge >= 0.3 is 0 Å². The minimum Gasteiger partial charge on any atom is -0.436 e. The first kappa shape index (κ1) is 11.6. The van der Waals surface area contributed by atoms with Crippen LogP contribution in [0.25, 0.3) is 0 Å². The SMILES string of the molecule is CNc1cncc(Oc2ccc(F)cc2Cl)n1. The van der Waals surface area contributed by atoms with Crippen LogP contribution in [0.5, 0.6) is 11.6 Å². The van der Waals surface area contributed by atoms with Gasteiger partial charge in [0.1, 0.15) is 17.4 Å². The van der Waals surface area contributed by atoms with Crippen LogP contribution in [0.2, 0.25) is 5.02 Å². The lowest BCUT2D eigenvalue weighted by atomic mass is 10.3. The third-order valence-electron chi connectivity index (χ3n) is 1.98. The second-order valence-electron chi connectivity index (χ2n) is 3.17. The van der Waals surface area contributed by atoms with E-state index >= 15 is 0 Å². The molecule has 1 heterocycles. The topological polar surface area (TPSA) is 47.0 Å². The molecule has 1 aromatic heterocycles. The highest BCUT2D eigenvalue weighted by Crippen LogP contribution is 2.28. The molecule has 4 nitrogen and oxygen atoms in total. The molecule has 0 atom stereocenters. The van der Waals surface area contributed by atoms with Crippen LogP contribution in [0.4, 0.5) is 10.2 Å². The zero-order valence-corrected chi connectivity index (χ0v) is 9.70. The molecule has 88 valence electrons. The lowest BCUT2D eigenvalue weighted by molar-refractivity contribution is 0.459. The molecule has 17 heavy (non-hydrogen) atoms. The normalized spacial score (nSPS) is 10.1. The first-order valence-corrected chi connectivity index (χ1v) is 5.19. The molecule has 2 aromatic rings. The molecule has 0 amide bonds. The van der Waals surface area contributed by atoms with Gasteiger partial charge in [0.15, 0.2) is 0 Å². The molecule has 0 aliphatic rings. The number of ether oxygens (including phenoxy) is 1. The molecule has 0 radical (unpaired) electrons. The molecular formula is C11H9ClFN3O. The predicted molar refractivity (Wildman–Crippen MR) is 63.1 cm³/mol. The van der Waals surface area contributed by atoms with Gasteiger partial charge in [0.05, 0.1) is 17.4 Å². The molecule has 0 spiro atoms. The van der Waals surface area contributed by atoms with E-state index in [0.29, 0.717) is 11.6 Å². The highest BCUT2D eigenvalue weighted by atomic mass is 35.5. The fourth-order valence-electron chi connectivity index (χ4n) is 1.19. The first-order chi connectivity index (χ1) is 8.19. The van der Waals surface area contributed by atoms with Gasteiger partial charge in [-0.2, -0.15) is 4.98 Å². The Bertz CT molecular complexity index is 536. The third-order valence-corrected chi connectivity index (χ3v) is 2.27. The quantitative estimate of drug-likeness (QED) is 0.913. The van der Waals surface area contributed by atoms with Crippen molar-refractivity contribution in [1.29, 1.82) is 0 Å². The van der Waals surface area contributed by atoms with E-state index in [-0.39, 0.29) is 10.9 Å². The van der Waals surface area contributed by atoms with Crippen molar-refractivity contribution in [3.8, 4) is 11.6 Å². The Morgan fingerprint density at radius 3 is 2.88 bits per heavy atom. The van der Waals surface area contributed by atoms with E-state index in [1.54, 1.807) is 13.2 Å². The number of nitrogens with zero attached hydrogens (tertiary/aromatic N) is 2.